The lowest BCUT2D eigenvalue weighted by atomic mass is 9.97. The highest BCUT2D eigenvalue weighted by atomic mass is 19.4. The zero-order chi connectivity index (χ0) is 14.6. The monoisotopic (exact) mass is 285 g/mol. The van der Waals surface area contributed by atoms with Crippen LogP contribution in [0.15, 0.2) is 30.3 Å². The van der Waals surface area contributed by atoms with Gasteiger partial charge in [-0.05, 0) is 19.4 Å². The molecule has 110 valence electrons. The predicted molar refractivity (Wildman–Crippen MR) is 70.6 cm³/mol. The Kier molecular flexibility index (Phi) is 4.81. The molecule has 1 aliphatic rings. The smallest absolute Gasteiger partial charge is 0.302 e. The highest BCUT2D eigenvalue weighted by Crippen LogP contribution is 2.33. The van der Waals surface area contributed by atoms with Crippen LogP contribution in [0.1, 0.15) is 29.6 Å². The van der Waals surface area contributed by atoms with Gasteiger partial charge in [0.2, 0.25) is 0 Å². The van der Waals surface area contributed by atoms with Gasteiger partial charge in [-0.2, -0.15) is 13.2 Å². The van der Waals surface area contributed by atoms with Crippen molar-refractivity contribution < 1.29 is 18.0 Å². The molecule has 1 unspecified atom stereocenters. The maximum atomic E-state index is 12.7. The number of hydrogen-bond acceptors (Lipinski definition) is 2. The Hall–Kier alpha value is -1.36. The molecule has 20 heavy (non-hydrogen) atoms. The van der Waals surface area contributed by atoms with Crippen LogP contribution in [-0.4, -0.2) is 36.5 Å². The molecule has 0 spiro atoms. The first-order chi connectivity index (χ1) is 9.47. The molecule has 1 fully saturated rings. The van der Waals surface area contributed by atoms with Crippen LogP contribution < -0.4 is 0 Å². The van der Waals surface area contributed by atoms with E-state index in [1.807, 2.05) is 6.07 Å². The van der Waals surface area contributed by atoms with E-state index in [0.29, 0.717) is 25.1 Å². The molecule has 1 saturated heterocycles. The Morgan fingerprint density at radius 1 is 1.25 bits per heavy atom. The topological polar surface area (TPSA) is 20.3 Å². The van der Waals surface area contributed by atoms with Crippen LogP contribution in [0, 0.1) is 5.92 Å². The number of halogens is 3. The molecular formula is C15H18F3NO. The first-order valence-corrected chi connectivity index (χ1v) is 6.84. The van der Waals surface area contributed by atoms with Crippen molar-refractivity contribution in [3.05, 3.63) is 35.9 Å². The molecule has 1 aromatic carbocycles. The van der Waals surface area contributed by atoms with Crippen molar-refractivity contribution in [1.82, 2.24) is 4.90 Å². The summed E-state index contributed by atoms with van der Waals surface area (Å²) in [4.78, 5) is 13.7. The SMILES string of the molecule is O=C(CCN1CCCC(C(F)(F)F)C1)c1ccccc1. The molecule has 0 aliphatic carbocycles. The summed E-state index contributed by atoms with van der Waals surface area (Å²) in [6.07, 6.45) is -3.10. The van der Waals surface area contributed by atoms with E-state index >= 15 is 0 Å². The van der Waals surface area contributed by atoms with E-state index in [9.17, 15) is 18.0 Å². The van der Waals surface area contributed by atoms with Gasteiger partial charge in [0.15, 0.2) is 5.78 Å². The van der Waals surface area contributed by atoms with Gasteiger partial charge in [-0.25, -0.2) is 0 Å². The highest BCUT2D eigenvalue weighted by molar-refractivity contribution is 5.96. The van der Waals surface area contributed by atoms with Crippen LogP contribution in [0.3, 0.4) is 0 Å². The molecule has 0 bridgehead atoms. The summed E-state index contributed by atoms with van der Waals surface area (Å²) in [5.74, 6) is -1.26. The van der Waals surface area contributed by atoms with Gasteiger partial charge in [0, 0.05) is 25.1 Å². The number of carbonyl (C=O) groups excluding carboxylic acids is 1. The Balaban J connectivity index is 1.84. The first-order valence-electron chi connectivity index (χ1n) is 6.84. The quantitative estimate of drug-likeness (QED) is 0.789. The van der Waals surface area contributed by atoms with Gasteiger partial charge < -0.3 is 4.90 Å². The Morgan fingerprint density at radius 2 is 1.95 bits per heavy atom. The van der Waals surface area contributed by atoms with E-state index in [1.165, 1.54) is 0 Å². The van der Waals surface area contributed by atoms with Crippen LogP contribution >= 0.6 is 0 Å². The number of hydrogen-bond donors (Lipinski definition) is 0. The van der Waals surface area contributed by atoms with Crippen LogP contribution in [0.25, 0.3) is 0 Å². The molecule has 0 saturated carbocycles. The largest absolute Gasteiger partial charge is 0.393 e. The van der Waals surface area contributed by atoms with Crippen LogP contribution in [0.5, 0.6) is 0 Å². The molecule has 2 nitrogen and oxygen atoms in total. The fourth-order valence-electron chi connectivity index (χ4n) is 2.55. The van der Waals surface area contributed by atoms with Crippen molar-refractivity contribution >= 4 is 5.78 Å². The van der Waals surface area contributed by atoms with E-state index in [1.54, 1.807) is 29.2 Å². The maximum absolute atomic E-state index is 12.7. The Bertz CT molecular complexity index is 444. The van der Waals surface area contributed by atoms with Gasteiger partial charge in [-0.1, -0.05) is 30.3 Å². The molecule has 5 heteroatoms. The third-order valence-electron chi connectivity index (χ3n) is 3.72. The lowest BCUT2D eigenvalue weighted by Crippen LogP contribution is -2.42. The molecule has 0 radical (unpaired) electrons. The first kappa shape index (κ1) is 15.0. The van der Waals surface area contributed by atoms with Gasteiger partial charge in [-0.3, -0.25) is 4.79 Å². The van der Waals surface area contributed by atoms with Gasteiger partial charge in [-0.15, -0.1) is 0 Å². The summed E-state index contributed by atoms with van der Waals surface area (Å²) in [7, 11) is 0. The minimum absolute atomic E-state index is 0.0141. The van der Waals surface area contributed by atoms with Crippen LogP contribution in [-0.2, 0) is 0 Å². The van der Waals surface area contributed by atoms with Crippen molar-refractivity contribution in [2.45, 2.75) is 25.4 Å². The predicted octanol–water partition coefficient (Wildman–Crippen LogP) is 3.53. The molecule has 0 aromatic heterocycles. The molecule has 1 atom stereocenters. The van der Waals surface area contributed by atoms with Crippen LogP contribution in [0.4, 0.5) is 13.2 Å². The molecule has 1 heterocycles. The summed E-state index contributed by atoms with van der Waals surface area (Å²) in [6.45, 7) is 1.07. The molecule has 1 aromatic rings. The molecule has 1 aliphatic heterocycles. The molecule has 0 N–H and O–H groups in total. The van der Waals surface area contributed by atoms with E-state index in [-0.39, 0.29) is 25.2 Å². The number of ketones is 1. The number of alkyl halides is 3. The third-order valence-corrected chi connectivity index (χ3v) is 3.72. The lowest BCUT2D eigenvalue weighted by Gasteiger charge is -2.33. The summed E-state index contributed by atoms with van der Waals surface area (Å²) in [5.41, 5.74) is 0.622. The molecule has 0 amide bonds. The number of likely N-dealkylation sites (tertiary alicyclic amines) is 1. The Morgan fingerprint density at radius 3 is 2.60 bits per heavy atom. The fraction of sp³-hybridized carbons (Fsp3) is 0.533. The van der Waals surface area contributed by atoms with E-state index in [2.05, 4.69) is 0 Å². The number of rotatable bonds is 4. The van der Waals surface area contributed by atoms with Crippen molar-refractivity contribution in [2.24, 2.45) is 5.92 Å². The summed E-state index contributed by atoms with van der Waals surface area (Å²) in [5, 5.41) is 0. The number of Topliss-reactive ketones (excluding diaryl/α,β-unsaturated/α-hetero) is 1. The summed E-state index contributed by atoms with van der Waals surface area (Å²) >= 11 is 0. The van der Waals surface area contributed by atoms with Gasteiger partial charge in [0.05, 0.1) is 5.92 Å². The lowest BCUT2D eigenvalue weighted by molar-refractivity contribution is -0.186. The van der Waals surface area contributed by atoms with E-state index < -0.39 is 12.1 Å². The summed E-state index contributed by atoms with van der Waals surface area (Å²) < 4.78 is 38.1. The van der Waals surface area contributed by atoms with Gasteiger partial charge in [0.1, 0.15) is 0 Å². The van der Waals surface area contributed by atoms with Crippen molar-refractivity contribution in [1.29, 1.82) is 0 Å². The van der Waals surface area contributed by atoms with Crippen molar-refractivity contribution in [3.8, 4) is 0 Å². The van der Waals surface area contributed by atoms with Gasteiger partial charge in [0.25, 0.3) is 0 Å². The minimum atomic E-state index is -4.12. The average molecular weight is 285 g/mol. The number of carbonyl (C=O) groups is 1. The van der Waals surface area contributed by atoms with Crippen LogP contribution in [0.2, 0.25) is 0 Å². The van der Waals surface area contributed by atoms with Crippen molar-refractivity contribution in [3.63, 3.8) is 0 Å². The zero-order valence-corrected chi connectivity index (χ0v) is 11.2. The zero-order valence-electron chi connectivity index (χ0n) is 11.2. The molecular weight excluding hydrogens is 267 g/mol. The van der Waals surface area contributed by atoms with E-state index in [4.69, 9.17) is 0 Å². The van der Waals surface area contributed by atoms with E-state index in [0.717, 1.165) is 0 Å². The van der Waals surface area contributed by atoms with Gasteiger partial charge >= 0.3 is 6.18 Å². The number of piperidine rings is 1. The third kappa shape index (κ3) is 4.07. The minimum Gasteiger partial charge on any atom is -0.302 e. The maximum Gasteiger partial charge on any atom is 0.393 e. The average Bonchev–Trinajstić information content (AvgIpc) is 2.45. The Labute approximate surface area is 116 Å². The van der Waals surface area contributed by atoms with Crippen molar-refractivity contribution in [2.75, 3.05) is 19.6 Å². The molecule has 2 rings (SSSR count). The number of nitrogens with zero attached hydrogens (tertiary/aromatic N) is 1. The second kappa shape index (κ2) is 6.39. The highest BCUT2D eigenvalue weighted by Gasteiger charge is 2.41. The second-order valence-corrected chi connectivity index (χ2v) is 5.22. The second-order valence-electron chi connectivity index (χ2n) is 5.22. The number of benzene rings is 1. The summed E-state index contributed by atoms with van der Waals surface area (Å²) in [6, 6.07) is 8.87. The standard InChI is InChI=1S/C15H18F3NO/c16-15(17,18)13-7-4-9-19(11-13)10-8-14(20)12-5-2-1-3-6-12/h1-3,5-6,13H,4,7-11H2. The fourth-order valence-corrected chi connectivity index (χ4v) is 2.55. The normalized spacial score (nSPS) is 20.9.